The van der Waals surface area contributed by atoms with Crippen LogP contribution < -0.4 is 16.0 Å². The molecule has 0 radical (unpaired) electrons. The van der Waals surface area contributed by atoms with Gasteiger partial charge in [0.05, 0.1) is 24.1 Å². The number of carbonyl (C=O) groups excluding carboxylic acids is 2. The molecule has 2 heterocycles. The van der Waals surface area contributed by atoms with Crippen LogP contribution in [-0.4, -0.2) is 69.4 Å². The van der Waals surface area contributed by atoms with Crippen LogP contribution in [0.15, 0.2) is 24.3 Å². The molecule has 1 aliphatic carbocycles. The number of nitrogens with two attached hydrogens (primary N) is 1. The van der Waals surface area contributed by atoms with Crippen molar-refractivity contribution >= 4 is 34.8 Å². The molecule has 0 unspecified atom stereocenters. The molecule has 2 amide bonds. The molecule has 1 aromatic carbocycles. The molecule has 0 bridgehead atoms. The lowest BCUT2D eigenvalue weighted by molar-refractivity contribution is -0.144. The summed E-state index contributed by atoms with van der Waals surface area (Å²) >= 11 is 5.45. The molecule has 8 nitrogen and oxygen atoms in total. The van der Waals surface area contributed by atoms with Crippen molar-refractivity contribution in [1.29, 1.82) is 0 Å². The van der Waals surface area contributed by atoms with Gasteiger partial charge in [0.15, 0.2) is 5.11 Å². The lowest BCUT2D eigenvalue weighted by atomic mass is 9.76. The van der Waals surface area contributed by atoms with Gasteiger partial charge in [-0.25, -0.2) is 4.39 Å². The van der Waals surface area contributed by atoms with Crippen LogP contribution in [0.5, 0.6) is 0 Å². The van der Waals surface area contributed by atoms with Crippen molar-refractivity contribution in [3.05, 3.63) is 30.1 Å². The van der Waals surface area contributed by atoms with Crippen LogP contribution in [0.3, 0.4) is 0 Å². The second-order valence-corrected chi connectivity index (χ2v) is 8.60. The SMILES string of the molecule is NC(=O)C1CCN(C(=O)[C@@H]2C[C@@H](O)[C@H](O)[C@@H]3NC(=S)N(c4ccc(F)cc4)[C@H]32)CC1. The molecule has 3 fully saturated rings. The number of hydrogen-bond donors (Lipinski definition) is 4. The molecule has 0 spiro atoms. The number of aliphatic hydroxyl groups is 2. The molecule has 5 atom stereocenters. The number of thiocarbonyl (C=S) groups is 1. The lowest BCUT2D eigenvalue weighted by Crippen LogP contribution is -2.61. The first-order valence-corrected chi connectivity index (χ1v) is 10.5. The number of piperidine rings is 1. The zero-order valence-electron chi connectivity index (χ0n) is 16.3. The highest BCUT2D eigenvalue weighted by molar-refractivity contribution is 7.80. The Balaban J connectivity index is 1.61. The first kappa shape index (κ1) is 21.0. The molecule has 2 saturated heterocycles. The van der Waals surface area contributed by atoms with Crippen LogP contribution in [0.2, 0.25) is 0 Å². The summed E-state index contributed by atoms with van der Waals surface area (Å²) in [6, 6.07) is 4.60. The first-order valence-electron chi connectivity index (χ1n) is 10.1. The van der Waals surface area contributed by atoms with Gasteiger partial charge in [-0.3, -0.25) is 9.59 Å². The minimum Gasteiger partial charge on any atom is -0.390 e. The van der Waals surface area contributed by atoms with E-state index in [2.05, 4.69) is 5.32 Å². The third-order valence-corrected chi connectivity index (χ3v) is 6.79. The Kier molecular flexibility index (Phi) is 5.65. The molecule has 10 heteroatoms. The summed E-state index contributed by atoms with van der Waals surface area (Å²) in [4.78, 5) is 28.3. The van der Waals surface area contributed by atoms with Crippen LogP contribution in [0.4, 0.5) is 10.1 Å². The molecule has 5 N–H and O–H groups in total. The first-order chi connectivity index (χ1) is 14.3. The molecular weight excluding hydrogens is 411 g/mol. The fourth-order valence-corrected chi connectivity index (χ4v) is 5.21. The van der Waals surface area contributed by atoms with Crippen molar-refractivity contribution in [2.75, 3.05) is 18.0 Å². The maximum atomic E-state index is 13.4. The standard InChI is InChI=1S/C20H25FN4O4S/c21-11-1-3-12(4-2-11)25-16-13(9-14(26)17(27)15(16)23-20(25)30)19(29)24-7-5-10(6-8-24)18(22)28/h1-4,10,13-17,26-27H,5-9H2,(H2,22,28)(H,23,30)/t13-,14-,15-,16+,17+/m1/s1. The quantitative estimate of drug-likeness (QED) is 0.482. The summed E-state index contributed by atoms with van der Waals surface area (Å²) in [6.07, 6.45) is -1.08. The number of anilines is 1. The highest BCUT2D eigenvalue weighted by Gasteiger charge is 2.54. The zero-order chi connectivity index (χ0) is 21.6. The Labute approximate surface area is 178 Å². The summed E-state index contributed by atoms with van der Waals surface area (Å²) in [5.74, 6) is -1.77. The van der Waals surface area contributed by atoms with Gasteiger partial charge in [0.2, 0.25) is 11.8 Å². The van der Waals surface area contributed by atoms with E-state index in [1.54, 1.807) is 21.9 Å². The predicted molar refractivity (Wildman–Crippen MR) is 111 cm³/mol. The molecule has 1 saturated carbocycles. The van der Waals surface area contributed by atoms with E-state index in [9.17, 15) is 24.2 Å². The van der Waals surface area contributed by atoms with Crippen LogP contribution in [0, 0.1) is 17.7 Å². The molecule has 30 heavy (non-hydrogen) atoms. The maximum absolute atomic E-state index is 13.4. The summed E-state index contributed by atoms with van der Waals surface area (Å²) in [7, 11) is 0. The number of benzene rings is 1. The van der Waals surface area contributed by atoms with E-state index in [0.717, 1.165) is 0 Å². The van der Waals surface area contributed by atoms with Crippen molar-refractivity contribution in [3.63, 3.8) is 0 Å². The lowest BCUT2D eigenvalue weighted by Gasteiger charge is -2.43. The van der Waals surface area contributed by atoms with Crippen LogP contribution in [0.1, 0.15) is 19.3 Å². The fourth-order valence-electron chi connectivity index (χ4n) is 4.85. The number of fused-ring (bicyclic) bond motifs is 1. The third-order valence-electron chi connectivity index (χ3n) is 6.48. The Morgan fingerprint density at radius 3 is 2.40 bits per heavy atom. The van der Waals surface area contributed by atoms with Crippen molar-refractivity contribution < 1.29 is 24.2 Å². The highest BCUT2D eigenvalue weighted by atomic mass is 32.1. The number of likely N-dealkylation sites (tertiary alicyclic amines) is 1. The van der Waals surface area contributed by atoms with Gasteiger partial charge in [0.25, 0.3) is 0 Å². The van der Waals surface area contributed by atoms with Gasteiger partial charge >= 0.3 is 0 Å². The van der Waals surface area contributed by atoms with Crippen molar-refractivity contribution in [1.82, 2.24) is 10.2 Å². The molecule has 162 valence electrons. The van der Waals surface area contributed by atoms with Gasteiger partial charge in [-0.1, -0.05) is 0 Å². The topological polar surface area (TPSA) is 119 Å². The van der Waals surface area contributed by atoms with Crippen LogP contribution in [0.25, 0.3) is 0 Å². The number of nitrogens with one attached hydrogen (secondary N) is 1. The summed E-state index contributed by atoms with van der Waals surface area (Å²) < 4.78 is 13.4. The molecule has 2 aliphatic heterocycles. The Morgan fingerprint density at radius 1 is 1.17 bits per heavy atom. The number of primary amides is 1. The molecule has 4 rings (SSSR count). The fraction of sp³-hybridized carbons (Fsp3) is 0.550. The van der Waals surface area contributed by atoms with E-state index < -0.39 is 36.0 Å². The van der Waals surface area contributed by atoms with Crippen molar-refractivity contribution in [2.24, 2.45) is 17.6 Å². The van der Waals surface area contributed by atoms with E-state index in [4.69, 9.17) is 18.0 Å². The third kappa shape index (κ3) is 3.63. The van der Waals surface area contributed by atoms with Gasteiger partial charge in [0.1, 0.15) is 11.9 Å². The second-order valence-electron chi connectivity index (χ2n) is 8.21. The molecule has 1 aromatic rings. The van der Waals surface area contributed by atoms with Gasteiger partial charge in [-0.15, -0.1) is 0 Å². The Bertz CT molecular complexity index is 846. The number of carbonyl (C=O) groups is 2. The molecule has 0 aromatic heterocycles. The number of nitrogens with zero attached hydrogens (tertiary/aromatic N) is 2. The van der Waals surface area contributed by atoms with Crippen molar-refractivity contribution in [2.45, 2.75) is 43.6 Å². The minimum absolute atomic E-state index is 0.0822. The maximum Gasteiger partial charge on any atom is 0.227 e. The van der Waals surface area contributed by atoms with Gasteiger partial charge in [-0.2, -0.15) is 0 Å². The van der Waals surface area contributed by atoms with E-state index in [1.807, 2.05) is 0 Å². The van der Waals surface area contributed by atoms with Crippen LogP contribution in [-0.2, 0) is 9.59 Å². The van der Waals surface area contributed by atoms with Gasteiger partial charge < -0.3 is 31.1 Å². The summed E-state index contributed by atoms with van der Waals surface area (Å²) in [5, 5.41) is 24.3. The highest BCUT2D eigenvalue weighted by Crippen LogP contribution is 2.38. The zero-order valence-corrected chi connectivity index (χ0v) is 17.1. The second kappa shape index (κ2) is 8.09. The summed E-state index contributed by atoms with van der Waals surface area (Å²) in [6.45, 7) is 0.820. The van der Waals surface area contributed by atoms with Crippen LogP contribution >= 0.6 is 12.2 Å². The monoisotopic (exact) mass is 436 g/mol. The van der Waals surface area contributed by atoms with E-state index >= 15 is 0 Å². The largest absolute Gasteiger partial charge is 0.390 e. The van der Waals surface area contributed by atoms with E-state index in [1.165, 1.54) is 12.1 Å². The molecular formula is C20H25FN4O4S. The Morgan fingerprint density at radius 2 is 1.80 bits per heavy atom. The average molecular weight is 437 g/mol. The van der Waals surface area contributed by atoms with Gasteiger partial charge in [-0.05, 0) is 55.7 Å². The number of aliphatic hydroxyl groups excluding tert-OH is 2. The average Bonchev–Trinajstić information content (AvgIpc) is 3.08. The van der Waals surface area contributed by atoms with Gasteiger partial charge in [0, 0.05) is 24.7 Å². The normalized spacial score (nSPS) is 32.0. The minimum atomic E-state index is -1.09. The Hall–Kier alpha value is -2.30. The van der Waals surface area contributed by atoms with Crippen molar-refractivity contribution in [3.8, 4) is 0 Å². The number of amides is 2. The van der Waals surface area contributed by atoms with E-state index in [0.29, 0.717) is 36.7 Å². The smallest absolute Gasteiger partial charge is 0.227 e. The predicted octanol–water partition coefficient (Wildman–Crippen LogP) is -0.277. The number of rotatable bonds is 3. The van der Waals surface area contributed by atoms with E-state index in [-0.39, 0.29) is 24.2 Å². The summed E-state index contributed by atoms with van der Waals surface area (Å²) in [5.41, 5.74) is 5.99. The number of hydrogen-bond acceptors (Lipinski definition) is 5. The molecule has 3 aliphatic rings. The number of halogens is 1.